The number of carbonyl (C=O) groups excluding carboxylic acids is 1. The number of halogens is 2. The summed E-state index contributed by atoms with van der Waals surface area (Å²) in [7, 11) is 1.67. The molecular weight excluding hydrogens is 343 g/mol. The molecule has 0 bridgehead atoms. The fourth-order valence-electron chi connectivity index (χ4n) is 1.79. The van der Waals surface area contributed by atoms with Crippen molar-refractivity contribution < 1.29 is 9.18 Å². The summed E-state index contributed by atoms with van der Waals surface area (Å²) in [6, 6.07) is 4.71. The van der Waals surface area contributed by atoms with Crippen LogP contribution < -0.4 is 0 Å². The molecule has 0 N–H and O–H groups in total. The van der Waals surface area contributed by atoms with Crippen molar-refractivity contribution in [1.82, 2.24) is 9.88 Å². The SMILES string of the molecule is Cc1nc(CC(=O)N(C)Cc2cc(Br)ccc2F)cs1. The molecule has 0 saturated heterocycles. The first-order chi connectivity index (χ1) is 9.45. The molecule has 0 atom stereocenters. The molecule has 2 aromatic rings. The van der Waals surface area contributed by atoms with Gasteiger partial charge in [-0.15, -0.1) is 11.3 Å². The second-order valence-corrected chi connectivity index (χ2v) is 6.50. The fourth-order valence-corrected chi connectivity index (χ4v) is 2.81. The lowest BCUT2D eigenvalue weighted by atomic mass is 10.2. The van der Waals surface area contributed by atoms with Gasteiger partial charge in [0.05, 0.1) is 17.1 Å². The maximum absolute atomic E-state index is 13.7. The lowest BCUT2D eigenvalue weighted by Crippen LogP contribution is -2.28. The number of aryl methyl sites for hydroxylation is 1. The van der Waals surface area contributed by atoms with Crippen molar-refractivity contribution in [2.24, 2.45) is 0 Å². The van der Waals surface area contributed by atoms with E-state index in [1.54, 1.807) is 19.2 Å². The van der Waals surface area contributed by atoms with E-state index in [0.717, 1.165) is 15.2 Å². The van der Waals surface area contributed by atoms with Crippen LogP contribution in [0.15, 0.2) is 28.1 Å². The maximum Gasteiger partial charge on any atom is 0.228 e. The molecule has 2 rings (SSSR count). The minimum Gasteiger partial charge on any atom is -0.341 e. The van der Waals surface area contributed by atoms with Gasteiger partial charge in [-0.3, -0.25) is 4.79 Å². The topological polar surface area (TPSA) is 33.2 Å². The fraction of sp³-hybridized carbons (Fsp3) is 0.286. The van der Waals surface area contributed by atoms with Crippen LogP contribution in [0.4, 0.5) is 4.39 Å². The van der Waals surface area contributed by atoms with Crippen LogP contribution in [0.25, 0.3) is 0 Å². The minimum atomic E-state index is -0.308. The van der Waals surface area contributed by atoms with Crippen LogP contribution in [-0.4, -0.2) is 22.8 Å². The van der Waals surface area contributed by atoms with Gasteiger partial charge in [-0.2, -0.15) is 0 Å². The summed E-state index contributed by atoms with van der Waals surface area (Å²) < 4.78 is 14.5. The van der Waals surface area contributed by atoms with Crippen LogP contribution >= 0.6 is 27.3 Å². The number of hydrogen-bond donors (Lipinski definition) is 0. The van der Waals surface area contributed by atoms with Gasteiger partial charge in [-0.05, 0) is 25.1 Å². The van der Waals surface area contributed by atoms with Gasteiger partial charge >= 0.3 is 0 Å². The van der Waals surface area contributed by atoms with Crippen LogP contribution in [0.2, 0.25) is 0 Å². The van der Waals surface area contributed by atoms with Gasteiger partial charge < -0.3 is 4.90 Å². The molecule has 6 heteroatoms. The van der Waals surface area contributed by atoms with Gasteiger partial charge in [0, 0.05) is 29.0 Å². The Morgan fingerprint density at radius 3 is 2.90 bits per heavy atom. The number of hydrogen-bond acceptors (Lipinski definition) is 3. The number of aromatic nitrogens is 1. The molecule has 0 saturated carbocycles. The first kappa shape index (κ1) is 15.1. The molecule has 0 aliphatic heterocycles. The van der Waals surface area contributed by atoms with E-state index in [4.69, 9.17) is 0 Å². The smallest absolute Gasteiger partial charge is 0.228 e. The van der Waals surface area contributed by atoms with Gasteiger partial charge in [-0.1, -0.05) is 15.9 Å². The molecule has 0 radical (unpaired) electrons. The van der Waals surface area contributed by atoms with Crippen molar-refractivity contribution in [2.75, 3.05) is 7.05 Å². The summed E-state index contributed by atoms with van der Waals surface area (Å²) in [4.78, 5) is 17.9. The third-order valence-corrected chi connectivity index (χ3v) is 4.16. The number of carbonyl (C=O) groups is 1. The van der Waals surface area contributed by atoms with Crippen molar-refractivity contribution in [3.05, 3.63) is 50.1 Å². The van der Waals surface area contributed by atoms with E-state index in [-0.39, 0.29) is 24.7 Å². The molecule has 20 heavy (non-hydrogen) atoms. The van der Waals surface area contributed by atoms with Crippen LogP contribution in [-0.2, 0) is 17.8 Å². The maximum atomic E-state index is 13.7. The van der Waals surface area contributed by atoms with Gasteiger partial charge in [0.15, 0.2) is 0 Å². The Hall–Kier alpha value is -1.27. The van der Waals surface area contributed by atoms with Gasteiger partial charge in [0.25, 0.3) is 0 Å². The number of likely N-dealkylation sites (N-methyl/N-ethyl adjacent to an activating group) is 1. The Labute approximate surface area is 129 Å². The van der Waals surface area contributed by atoms with Crippen LogP contribution in [0, 0.1) is 12.7 Å². The minimum absolute atomic E-state index is 0.0744. The quantitative estimate of drug-likeness (QED) is 0.839. The number of thiazole rings is 1. The average Bonchev–Trinajstić information content (AvgIpc) is 2.79. The molecule has 106 valence electrons. The number of nitrogens with zero attached hydrogens (tertiary/aromatic N) is 2. The highest BCUT2D eigenvalue weighted by Crippen LogP contribution is 2.17. The van der Waals surface area contributed by atoms with E-state index >= 15 is 0 Å². The number of rotatable bonds is 4. The Kier molecular flexibility index (Phi) is 4.88. The molecule has 0 aliphatic rings. The molecule has 0 aliphatic carbocycles. The van der Waals surface area contributed by atoms with Gasteiger partial charge in [0.1, 0.15) is 5.82 Å². The second kappa shape index (κ2) is 6.45. The summed E-state index contributed by atoms with van der Waals surface area (Å²) in [5.41, 5.74) is 1.25. The third kappa shape index (κ3) is 3.86. The Balaban J connectivity index is 2.02. The molecule has 1 heterocycles. The predicted octanol–water partition coefficient (Wildman–Crippen LogP) is 3.55. The van der Waals surface area contributed by atoms with Crippen molar-refractivity contribution in [3.8, 4) is 0 Å². The van der Waals surface area contributed by atoms with E-state index in [1.807, 2.05) is 12.3 Å². The third-order valence-electron chi connectivity index (χ3n) is 2.84. The number of amides is 1. The second-order valence-electron chi connectivity index (χ2n) is 4.52. The van der Waals surface area contributed by atoms with Crippen LogP contribution in [0.3, 0.4) is 0 Å². The van der Waals surface area contributed by atoms with Crippen molar-refractivity contribution in [2.45, 2.75) is 19.9 Å². The number of benzene rings is 1. The molecular formula is C14H14BrFN2OS. The summed E-state index contributed by atoms with van der Waals surface area (Å²) in [5, 5.41) is 2.81. The van der Waals surface area contributed by atoms with Crippen molar-refractivity contribution >= 4 is 33.2 Å². The monoisotopic (exact) mass is 356 g/mol. The average molecular weight is 357 g/mol. The molecule has 3 nitrogen and oxygen atoms in total. The Morgan fingerprint density at radius 2 is 2.25 bits per heavy atom. The molecule has 0 spiro atoms. The normalized spacial score (nSPS) is 10.6. The Bertz CT molecular complexity index is 629. The van der Waals surface area contributed by atoms with Gasteiger partial charge in [-0.25, -0.2) is 9.37 Å². The van der Waals surface area contributed by atoms with E-state index in [9.17, 15) is 9.18 Å². The largest absolute Gasteiger partial charge is 0.341 e. The van der Waals surface area contributed by atoms with Crippen molar-refractivity contribution in [3.63, 3.8) is 0 Å². The molecule has 1 amide bonds. The summed E-state index contributed by atoms with van der Waals surface area (Å²) >= 11 is 4.82. The van der Waals surface area contributed by atoms with Crippen LogP contribution in [0.5, 0.6) is 0 Å². The summed E-state index contributed by atoms with van der Waals surface area (Å²) in [5.74, 6) is -0.382. The van der Waals surface area contributed by atoms with E-state index in [1.165, 1.54) is 22.3 Å². The van der Waals surface area contributed by atoms with Gasteiger partial charge in [0.2, 0.25) is 5.91 Å². The summed E-state index contributed by atoms with van der Waals surface area (Å²) in [6.45, 7) is 2.15. The standard InChI is InChI=1S/C14H14BrFN2OS/c1-9-17-12(8-20-9)6-14(19)18(2)7-10-5-11(15)3-4-13(10)16/h3-5,8H,6-7H2,1-2H3. The first-order valence-electron chi connectivity index (χ1n) is 6.04. The lowest BCUT2D eigenvalue weighted by Gasteiger charge is -2.17. The molecule has 1 aromatic carbocycles. The zero-order valence-electron chi connectivity index (χ0n) is 11.2. The molecule has 0 unspecified atom stereocenters. The molecule has 1 aromatic heterocycles. The first-order valence-corrected chi connectivity index (χ1v) is 7.72. The highest BCUT2D eigenvalue weighted by atomic mass is 79.9. The van der Waals surface area contributed by atoms with E-state index < -0.39 is 0 Å². The summed E-state index contributed by atoms with van der Waals surface area (Å²) in [6.07, 6.45) is 0.246. The zero-order chi connectivity index (χ0) is 14.7. The molecule has 0 fully saturated rings. The van der Waals surface area contributed by atoms with Crippen LogP contribution in [0.1, 0.15) is 16.3 Å². The van der Waals surface area contributed by atoms with E-state index in [0.29, 0.717) is 5.56 Å². The highest BCUT2D eigenvalue weighted by molar-refractivity contribution is 9.10. The zero-order valence-corrected chi connectivity index (χ0v) is 13.6. The van der Waals surface area contributed by atoms with E-state index in [2.05, 4.69) is 20.9 Å². The highest BCUT2D eigenvalue weighted by Gasteiger charge is 2.14. The Morgan fingerprint density at radius 1 is 1.50 bits per heavy atom. The predicted molar refractivity (Wildman–Crippen MR) is 81.1 cm³/mol. The van der Waals surface area contributed by atoms with Crippen molar-refractivity contribution in [1.29, 1.82) is 0 Å². The lowest BCUT2D eigenvalue weighted by molar-refractivity contribution is -0.129.